The monoisotopic (exact) mass is 372 g/mol. The number of benzene rings is 1. The maximum atomic E-state index is 11.9. The first kappa shape index (κ1) is 20.2. The van der Waals surface area contributed by atoms with Crippen LogP contribution in [0.1, 0.15) is 38.8 Å². The summed E-state index contributed by atoms with van der Waals surface area (Å²) >= 11 is 0. The second-order valence-corrected chi connectivity index (χ2v) is 7.25. The molecule has 0 aliphatic carbocycles. The molecular formula is C19H24N4O4. The molecule has 1 amide bonds. The third-order valence-electron chi connectivity index (χ3n) is 4.29. The van der Waals surface area contributed by atoms with Crippen molar-refractivity contribution in [3.05, 3.63) is 58.8 Å². The van der Waals surface area contributed by atoms with E-state index in [1.54, 1.807) is 31.3 Å². The van der Waals surface area contributed by atoms with E-state index in [9.17, 15) is 20.0 Å². The molecule has 2 aromatic rings. The highest BCUT2D eigenvalue weighted by Crippen LogP contribution is 2.35. The Hall–Kier alpha value is -3.16. The summed E-state index contributed by atoms with van der Waals surface area (Å²) in [5, 5.41) is 25.1. The van der Waals surface area contributed by atoms with E-state index in [0.717, 1.165) is 5.56 Å². The predicted octanol–water partition coefficient (Wildman–Crippen LogP) is 4.39. The second kappa shape index (κ2) is 7.61. The summed E-state index contributed by atoms with van der Waals surface area (Å²) in [6, 6.07) is 6.65. The molecule has 0 bridgehead atoms. The van der Waals surface area contributed by atoms with Crippen molar-refractivity contribution >= 4 is 11.8 Å². The first-order valence-corrected chi connectivity index (χ1v) is 8.47. The maximum absolute atomic E-state index is 11.9. The van der Waals surface area contributed by atoms with Gasteiger partial charge in [0.25, 0.3) is 0 Å². The molecule has 0 fully saturated rings. The van der Waals surface area contributed by atoms with E-state index in [1.807, 2.05) is 26.8 Å². The number of rotatable bonds is 6. The summed E-state index contributed by atoms with van der Waals surface area (Å²) in [6.45, 7) is 9.23. The van der Waals surface area contributed by atoms with Gasteiger partial charge in [-0.25, -0.2) is 4.79 Å². The molecule has 0 saturated carbocycles. The fourth-order valence-electron chi connectivity index (χ4n) is 3.22. The number of hydrogen-bond donors (Lipinski definition) is 1. The zero-order chi connectivity index (χ0) is 20.4. The molecule has 1 unspecified atom stereocenters. The fourth-order valence-corrected chi connectivity index (χ4v) is 3.22. The minimum absolute atomic E-state index is 0.0965. The lowest BCUT2D eigenvalue weighted by Gasteiger charge is -2.39. The Balaban J connectivity index is 2.60. The molecule has 0 aliphatic rings. The van der Waals surface area contributed by atoms with Crippen LogP contribution in [0.25, 0.3) is 11.3 Å². The molecule has 1 aromatic carbocycles. The average molecular weight is 372 g/mol. The van der Waals surface area contributed by atoms with Gasteiger partial charge in [-0.05, 0) is 38.8 Å². The molecule has 0 aliphatic heterocycles. The summed E-state index contributed by atoms with van der Waals surface area (Å²) < 4.78 is 1.44. The molecule has 2 rings (SSSR count). The normalized spacial score (nSPS) is 12.4. The highest BCUT2D eigenvalue weighted by atomic mass is 16.6. The van der Waals surface area contributed by atoms with Crippen LogP contribution in [0.15, 0.2) is 43.1 Å². The third kappa shape index (κ3) is 4.16. The van der Waals surface area contributed by atoms with Crippen molar-refractivity contribution in [1.29, 1.82) is 0 Å². The molecular weight excluding hydrogens is 348 g/mol. The summed E-state index contributed by atoms with van der Waals surface area (Å²) in [5.41, 5.74) is 0.985. The Morgan fingerprint density at radius 1 is 1.48 bits per heavy atom. The van der Waals surface area contributed by atoms with E-state index >= 15 is 0 Å². The zero-order valence-corrected chi connectivity index (χ0v) is 15.9. The van der Waals surface area contributed by atoms with Crippen LogP contribution >= 0.6 is 0 Å². The number of aromatic nitrogens is 2. The molecule has 0 saturated heterocycles. The lowest BCUT2D eigenvalue weighted by atomic mass is 9.94. The molecule has 1 aromatic heterocycles. The van der Waals surface area contributed by atoms with Gasteiger partial charge in [0.05, 0.1) is 11.0 Å². The molecule has 1 atom stereocenters. The lowest BCUT2D eigenvalue weighted by Crippen LogP contribution is -2.47. The van der Waals surface area contributed by atoms with Gasteiger partial charge in [0.2, 0.25) is 0 Å². The fraction of sp³-hybridized carbons (Fsp3) is 0.368. The molecule has 0 spiro atoms. The van der Waals surface area contributed by atoms with Crippen LogP contribution in [0.3, 0.4) is 0 Å². The summed E-state index contributed by atoms with van der Waals surface area (Å²) in [6.07, 6.45) is 2.26. The van der Waals surface area contributed by atoms with Gasteiger partial charge in [-0.2, -0.15) is 5.10 Å². The first-order chi connectivity index (χ1) is 12.6. The van der Waals surface area contributed by atoms with Crippen molar-refractivity contribution in [3.63, 3.8) is 0 Å². The summed E-state index contributed by atoms with van der Waals surface area (Å²) in [7, 11) is 1.63. The van der Waals surface area contributed by atoms with Crippen molar-refractivity contribution < 1.29 is 14.8 Å². The molecule has 1 N–H and O–H groups in total. The van der Waals surface area contributed by atoms with E-state index < -0.39 is 22.6 Å². The molecule has 8 nitrogen and oxygen atoms in total. The first-order valence-electron chi connectivity index (χ1n) is 8.47. The zero-order valence-electron chi connectivity index (χ0n) is 15.9. The standard InChI is InChI=1S/C19H24N4O4/c1-6-8-15(22(18(24)25)19(2,3)4)13-9-7-10-14(11-13)17-16(23(26)27)12-20-21(17)5/h6-7,9-12,15H,1,8H2,2-5H3,(H,24,25). The van der Waals surface area contributed by atoms with E-state index in [2.05, 4.69) is 11.7 Å². The Bertz CT molecular complexity index is 867. The Kier molecular flexibility index (Phi) is 5.68. The van der Waals surface area contributed by atoms with Gasteiger partial charge < -0.3 is 5.11 Å². The number of carboxylic acid groups (broad SMARTS) is 1. The van der Waals surface area contributed by atoms with Gasteiger partial charge in [0.15, 0.2) is 0 Å². The van der Waals surface area contributed by atoms with Gasteiger partial charge in [-0.3, -0.25) is 19.7 Å². The van der Waals surface area contributed by atoms with Crippen LogP contribution in [0, 0.1) is 10.1 Å². The minimum Gasteiger partial charge on any atom is -0.465 e. The van der Waals surface area contributed by atoms with Gasteiger partial charge in [0, 0.05) is 18.2 Å². The van der Waals surface area contributed by atoms with Crippen molar-refractivity contribution in [3.8, 4) is 11.3 Å². The van der Waals surface area contributed by atoms with E-state index in [1.165, 1.54) is 15.8 Å². The SMILES string of the molecule is C=CCC(c1cccc(-c2c([N+](=O)[O-])cnn2C)c1)N(C(=O)O)C(C)(C)C. The Morgan fingerprint density at radius 2 is 2.15 bits per heavy atom. The van der Waals surface area contributed by atoms with Crippen LogP contribution in [0.4, 0.5) is 10.5 Å². The smallest absolute Gasteiger partial charge is 0.408 e. The highest BCUT2D eigenvalue weighted by Gasteiger charge is 2.34. The Morgan fingerprint density at radius 3 is 2.67 bits per heavy atom. The lowest BCUT2D eigenvalue weighted by molar-refractivity contribution is -0.384. The molecule has 8 heteroatoms. The number of hydrogen-bond acceptors (Lipinski definition) is 4. The van der Waals surface area contributed by atoms with Crippen LogP contribution in [0.2, 0.25) is 0 Å². The Labute approximate surface area is 157 Å². The number of carbonyl (C=O) groups is 1. The van der Waals surface area contributed by atoms with E-state index in [0.29, 0.717) is 17.7 Å². The maximum Gasteiger partial charge on any atom is 0.408 e. The quantitative estimate of drug-likeness (QED) is 0.460. The van der Waals surface area contributed by atoms with Gasteiger partial charge in [-0.15, -0.1) is 6.58 Å². The molecule has 1 heterocycles. The van der Waals surface area contributed by atoms with E-state index in [-0.39, 0.29) is 5.69 Å². The third-order valence-corrected chi connectivity index (χ3v) is 4.29. The topological polar surface area (TPSA) is 102 Å². The highest BCUT2D eigenvalue weighted by molar-refractivity contribution is 5.71. The van der Waals surface area contributed by atoms with Crippen LogP contribution in [0.5, 0.6) is 0 Å². The summed E-state index contributed by atoms with van der Waals surface area (Å²) in [5.74, 6) is 0. The largest absolute Gasteiger partial charge is 0.465 e. The summed E-state index contributed by atoms with van der Waals surface area (Å²) in [4.78, 5) is 24.1. The van der Waals surface area contributed by atoms with Crippen molar-refractivity contribution in [2.45, 2.75) is 38.8 Å². The molecule has 27 heavy (non-hydrogen) atoms. The van der Waals surface area contributed by atoms with Crippen molar-refractivity contribution in [2.75, 3.05) is 0 Å². The number of aryl methyl sites for hydroxylation is 1. The minimum atomic E-state index is -1.04. The van der Waals surface area contributed by atoms with Gasteiger partial charge in [0.1, 0.15) is 11.9 Å². The van der Waals surface area contributed by atoms with Crippen LogP contribution in [-0.4, -0.2) is 36.3 Å². The second-order valence-electron chi connectivity index (χ2n) is 7.25. The van der Waals surface area contributed by atoms with Crippen molar-refractivity contribution in [2.24, 2.45) is 7.05 Å². The van der Waals surface area contributed by atoms with Crippen molar-refractivity contribution in [1.82, 2.24) is 14.7 Å². The van der Waals surface area contributed by atoms with Crippen LogP contribution < -0.4 is 0 Å². The average Bonchev–Trinajstić information content (AvgIpc) is 2.95. The van der Waals surface area contributed by atoms with Crippen LogP contribution in [-0.2, 0) is 7.05 Å². The number of nitro groups is 1. The molecule has 144 valence electrons. The number of amides is 1. The predicted molar refractivity (Wildman–Crippen MR) is 102 cm³/mol. The molecule has 0 radical (unpaired) electrons. The van der Waals surface area contributed by atoms with E-state index in [4.69, 9.17) is 0 Å². The van der Waals surface area contributed by atoms with Gasteiger partial charge in [-0.1, -0.05) is 24.3 Å². The number of nitrogens with zero attached hydrogens (tertiary/aromatic N) is 4. The van der Waals surface area contributed by atoms with Gasteiger partial charge >= 0.3 is 11.8 Å².